The van der Waals surface area contributed by atoms with Gasteiger partial charge < -0.3 is 0 Å². The summed E-state index contributed by atoms with van der Waals surface area (Å²) in [5.41, 5.74) is 2.29. The van der Waals surface area contributed by atoms with Crippen molar-refractivity contribution in [1.82, 2.24) is 0 Å². The molecule has 0 saturated heterocycles. The van der Waals surface area contributed by atoms with Crippen LogP contribution in [0, 0.1) is 0 Å². The van der Waals surface area contributed by atoms with Gasteiger partial charge in [-0.1, -0.05) is 54.1 Å². The molecule has 0 fully saturated rings. The molecule has 0 unspecified atom stereocenters. The van der Waals surface area contributed by atoms with Gasteiger partial charge in [0.15, 0.2) is 0 Å². The molecule has 1 aliphatic rings. The molecular formula is C16H9ClO2. The Morgan fingerprint density at radius 2 is 1.42 bits per heavy atom. The van der Waals surface area contributed by atoms with Gasteiger partial charge in [0.25, 0.3) is 0 Å². The summed E-state index contributed by atoms with van der Waals surface area (Å²) in [7, 11) is 0. The fourth-order valence-corrected chi connectivity index (χ4v) is 2.36. The molecule has 19 heavy (non-hydrogen) atoms. The molecule has 0 aromatic heterocycles. The molecule has 0 saturated carbocycles. The van der Waals surface area contributed by atoms with Crippen molar-refractivity contribution in [3.05, 3.63) is 70.2 Å². The van der Waals surface area contributed by atoms with Gasteiger partial charge in [-0.05, 0) is 23.3 Å². The molecule has 0 spiro atoms. The number of ketones is 2. The molecule has 0 heterocycles. The summed E-state index contributed by atoms with van der Waals surface area (Å²) in [5, 5.41) is 0.555. The average Bonchev–Trinajstić information content (AvgIpc) is 2.67. The Balaban J connectivity index is 2.19. The van der Waals surface area contributed by atoms with Gasteiger partial charge in [0.2, 0.25) is 11.6 Å². The lowest BCUT2D eigenvalue weighted by Crippen LogP contribution is -2.05. The molecule has 0 N–H and O–H groups in total. The Labute approximate surface area is 115 Å². The second-order valence-electron chi connectivity index (χ2n) is 4.28. The Morgan fingerprint density at radius 3 is 2.16 bits per heavy atom. The van der Waals surface area contributed by atoms with E-state index in [1.54, 1.807) is 30.3 Å². The number of rotatable bonds is 1. The van der Waals surface area contributed by atoms with Crippen LogP contribution in [0.3, 0.4) is 0 Å². The molecule has 2 aromatic rings. The molecule has 2 aromatic carbocycles. The highest BCUT2D eigenvalue weighted by Crippen LogP contribution is 2.32. The summed E-state index contributed by atoms with van der Waals surface area (Å²) >= 11 is 6.07. The smallest absolute Gasteiger partial charge is 0.234 e. The van der Waals surface area contributed by atoms with E-state index >= 15 is 0 Å². The number of carbonyl (C=O) groups is 2. The van der Waals surface area contributed by atoms with Crippen LogP contribution >= 0.6 is 11.6 Å². The van der Waals surface area contributed by atoms with Crippen LogP contribution < -0.4 is 0 Å². The fourth-order valence-electron chi connectivity index (χ4n) is 2.17. The first-order chi connectivity index (χ1) is 9.18. The Bertz CT molecular complexity index is 729. The number of hydrogen-bond acceptors (Lipinski definition) is 2. The predicted octanol–water partition coefficient (Wildman–Crippen LogP) is 3.65. The van der Waals surface area contributed by atoms with Crippen molar-refractivity contribution in [2.75, 3.05) is 0 Å². The first-order valence-electron chi connectivity index (χ1n) is 5.83. The van der Waals surface area contributed by atoms with Crippen molar-refractivity contribution >= 4 is 34.8 Å². The molecule has 0 radical (unpaired) electrons. The topological polar surface area (TPSA) is 34.1 Å². The van der Waals surface area contributed by atoms with E-state index < -0.39 is 11.6 Å². The molecule has 0 bridgehead atoms. The zero-order chi connectivity index (χ0) is 13.4. The van der Waals surface area contributed by atoms with Crippen LogP contribution in [-0.2, 0) is 4.79 Å². The number of fused-ring (bicyclic) bond motifs is 1. The number of carbonyl (C=O) groups excluding carboxylic acids is 2. The van der Waals surface area contributed by atoms with E-state index in [2.05, 4.69) is 0 Å². The van der Waals surface area contributed by atoms with Gasteiger partial charge in [0, 0.05) is 16.2 Å². The van der Waals surface area contributed by atoms with E-state index in [0.29, 0.717) is 21.7 Å². The van der Waals surface area contributed by atoms with Crippen LogP contribution in [0.4, 0.5) is 0 Å². The van der Waals surface area contributed by atoms with Crippen molar-refractivity contribution < 1.29 is 9.59 Å². The first kappa shape index (κ1) is 11.9. The molecule has 2 nitrogen and oxygen atoms in total. The molecule has 92 valence electrons. The zero-order valence-electron chi connectivity index (χ0n) is 9.89. The van der Waals surface area contributed by atoms with Crippen LogP contribution in [0.1, 0.15) is 21.5 Å². The van der Waals surface area contributed by atoms with Crippen molar-refractivity contribution in [2.24, 2.45) is 0 Å². The Hall–Kier alpha value is -2.19. The summed E-state index contributed by atoms with van der Waals surface area (Å²) in [6.07, 6.45) is 1.67. The van der Waals surface area contributed by atoms with Crippen LogP contribution in [0.25, 0.3) is 11.6 Å². The molecule has 0 aliphatic heterocycles. The third-order valence-corrected chi connectivity index (χ3v) is 3.46. The van der Waals surface area contributed by atoms with Gasteiger partial charge in [0.1, 0.15) is 0 Å². The summed E-state index contributed by atoms with van der Waals surface area (Å²) in [6.45, 7) is 0. The second-order valence-corrected chi connectivity index (χ2v) is 4.69. The number of allylic oxidation sites excluding steroid dienone is 1. The number of halogens is 1. The van der Waals surface area contributed by atoms with Crippen molar-refractivity contribution in [3.63, 3.8) is 0 Å². The standard InChI is InChI=1S/C16H9ClO2/c17-14-8-4-1-5-10(14)9-13-11-6-2-3-7-12(11)15(18)16(13)19/h1-9H/b13-9+. The minimum Gasteiger partial charge on any atom is -0.285 e. The Kier molecular flexibility index (Phi) is 2.80. The summed E-state index contributed by atoms with van der Waals surface area (Å²) in [5.74, 6) is -0.921. The SMILES string of the molecule is O=C1C(=O)c2ccccc2/C1=C\c1ccccc1Cl. The van der Waals surface area contributed by atoms with Crippen molar-refractivity contribution in [2.45, 2.75) is 0 Å². The van der Waals surface area contributed by atoms with E-state index in [-0.39, 0.29) is 0 Å². The van der Waals surface area contributed by atoms with E-state index in [9.17, 15) is 9.59 Å². The lowest BCUT2D eigenvalue weighted by atomic mass is 10.0. The van der Waals surface area contributed by atoms with Gasteiger partial charge in [-0.2, -0.15) is 0 Å². The predicted molar refractivity (Wildman–Crippen MR) is 75.1 cm³/mol. The quantitative estimate of drug-likeness (QED) is 0.584. The zero-order valence-corrected chi connectivity index (χ0v) is 10.6. The number of hydrogen-bond donors (Lipinski definition) is 0. The second kappa shape index (κ2) is 4.48. The lowest BCUT2D eigenvalue weighted by molar-refractivity contribution is -0.109. The Morgan fingerprint density at radius 1 is 0.789 bits per heavy atom. The van der Waals surface area contributed by atoms with Gasteiger partial charge in [0.05, 0.1) is 0 Å². The third-order valence-electron chi connectivity index (χ3n) is 3.12. The molecule has 0 atom stereocenters. The molecule has 1 aliphatic carbocycles. The van der Waals surface area contributed by atoms with Crippen molar-refractivity contribution in [1.29, 1.82) is 0 Å². The van der Waals surface area contributed by atoms with Crippen molar-refractivity contribution in [3.8, 4) is 0 Å². The maximum absolute atomic E-state index is 12.0. The minimum atomic E-state index is -0.471. The normalized spacial score (nSPS) is 15.9. The summed E-state index contributed by atoms with van der Waals surface area (Å²) in [6, 6.07) is 14.2. The monoisotopic (exact) mass is 268 g/mol. The van der Waals surface area contributed by atoms with Crippen LogP contribution in [0.5, 0.6) is 0 Å². The highest BCUT2D eigenvalue weighted by Gasteiger charge is 2.32. The van der Waals surface area contributed by atoms with Gasteiger partial charge in [-0.3, -0.25) is 9.59 Å². The van der Waals surface area contributed by atoms with Gasteiger partial charge in [-0.15, -0.1) is 0 Å². The van der Waals surface area contributed by atoms with E-state index in [1.165, 1.54) is 0 Å². The van der Waals surface area contributed by atoms with Crippen LogP contribution in [-0.4, -0.2) is 11.6 Å². The third kappa shape index (κ3) is 1.90. The van der Waals surface area contributed by atoms with Crippen LogP contribution in [0.2, 0.25) is 5.02 Å². The largest absolute Gasteiger partial charge is 0.285 e. The van der Waals surface area contributed by atoms with E-state index in [1.807, 2.05) is 24.3 Å². The number of benzene rings is 2. The molecular weight excluding hydrogens is 260 g/mol. The highest BCUT2D eigenvalue weighted by atomic mass is 35.5. The number of Topliss-reactive ketones (excluding diaryl/α,β-unsaturated/α-hetero) is 2. The summed E-state index contributed by atoms with van der Waals surface area (Å²) < 4.78 is 0. The molecule has 0 amide bonds. The van der Waals surface area contributed by atoms with Gasteiger partial charge >= 0.3 is 0 Å². The lowest BCUT2D eigenvalue weighted by Gasteiger charge is -2.00. The van der Waals surface area contributed by atoms with E-state index in [0.717, 1.165) is 5.56 Å². The fraction of sp³-hybridized carbons (Fsp3) is 0. The first-order valence-corrected chi connectivity index (χ1v) is 6.21. The van der Waals surface area contributed by atoms with Crippen LogP contribution in [0.15, 0.2) is 48.5 Å². The maximum atomic E-state index is 12.0. The van der Waals surface area contributed by atoms with E-state index in [4.69, 9.17) is 11.6 Å². The summed E-state index contributed by atoms with van der Waals surface area (Å²) in [4.78, 5) is 23.9. The molecule has 3 rings (SSSR count). The minimum absolute atomic E-state index is 0.411. The average molecular weight is 269 g/mol. The maximum Gasteiger partial charge on any atom is 0.234 e. The highest BCUT2D eigenvalue weighted by molar-refractivity contribution is 6.64. The van der Waals surface area contributed by atoms with Gasteiger partial charge in [-0.25, -0.2) is 0 Å². The molecule has 3 heteroatoms.